The topological polar surface area (TPSA) is 50.7 Å². The highest BCUT2D eigenvalue weighted by atomic mass is 79.9. The van der Waals surface area contributed by atoms with Crippen LogP contribution < -0.4 is 10.2 Å². The number of hydrogen-bond donors (Lipinski definition) is 1. The summed E-state index contributed by atoms with van der Waals surface area (Å²) in [7, 11) is 0. The molecule has 1 amide bonds. The summed E-state index contributed by atoms with van der Waals surface area (Å²) in [5, 5.41) is 3.72. The molecule has 0 radical (unpaired) electrons. The van der Waals surface area contributed by atoms with E-state index in [0.717, 1.165) is 15.6 Å². The molecule has 0 fully saturated rings. The Morgan fingerprint density at radius 3 is 2.61 bits per heavy atom. The molecule has 0 unspecified atom stereocenters. The van der Waals surface area contributed by atoms with Crippen molar-refractivity contribution in [2.45, 2.75) is 13.8 Å². The van der Waals surface area contributed by atoms with Gasteiger partial charge in [-0.05, 0) is 43.2 Å². The number of amides is 1. The first-order chi connectivity index (χ1) is 11.0. The van der Waals surface area contributed by atoms with Gasteiger partial charge in [0.1, 0.15) is 11.6 Å². The molecule has 1 N–H and O–H groups in total. The lowest BCUT2D eigenvalue weighted by molar-refractivity contribution is -0.123. The maximum Gasteiger partial charge on any atom is 0.277 e. The van der Waals surface area contributed by atoms with Crippen molar-refractivity contribution >= 4 is 28.1 Å². The van der Waals surface area contributed by atoms with Crippen molar-refractivity contribution in [1.29, 1.82) is 0 Å². The predicted molar refractivity (Wildman–Crippen MR) is 91.2 cm³/mol. The Balaban J connectivity index is 1.90. The molecule has 0 heterocycles. The number of carbonyl (C=O) groups is 1. The Morgan fingerprint density at radius 1 is 1.30 bits per heavy atom. The van der Waals surface area contributed by atoms with Gasteiger partial charge in [-0.3, -0.25) is 4.79 Å². The summed E-state index contributed by atoms with van der Waals surface area (Å²) in [5.74, 6) is -0.149. The zero-order chi connectivity index (χ0) is 16.8. The average molecular weight is 379 g/mol. The first kappa shape index (κ1) is 17.1. The summed E-state index contributed by atoms with van der Waals surface area (Å²) in [6.07, 6.45) is 1.25. The largest absolute Gasteiger partial charge is 0.483 e. The molecule has 0 aliphatic rings. The number of nitrogens with zero attached hydrogens (tertiary/aromatic N) is 1. The molecule has 0 bridgehead atoms. The van der Waals surface area contributed by atoms with Crippen LogP contribution in [0.2, 0.25) is 0 Å². The summed E-state index contributed by atoms with van der Waals surface area (Å²) in [5.41, 5.74) is 4.47. The number of rotatable bonds is 5. The molecule has 120 valence electrons. The fourth-order valence-electron chi connectivity index (χ4n) is 2.05. The summed E-state index contributed by atoms with van der Waals surface area (Å²) in [6.45, 7) is 3.64. The molecule has 0 saturated heterocycles. The molecule has 6 heteroatoms. The maximum atomic E-state index is 13.4. The van der Waals surface area contributed by atoms with E-state index in [1.54, 1.807) is 18.2 Å². The molecule has 0 aliphatic carbocycles. The van der Waals surface area contributed by atoms with E-state index in [1.807, 2.05) is 26.0 Å². The number of hydrogen-bond acceptors (Lipinski definition) is 3. The molecule has 0 spiro atoms. The third-order valence-electron chi connectivity index (χ3n) is 3.07. The standard InChI is InChI=1S/C17H16BrFN2O2/c1-11-7-14(18)8-12(2)17(11)23-10-16(22)21-20-9-13-5-3-4-6-15(13)19/h3-9H,10H2,1-2H3,(H,21,22). The van der Waals surface area contributed by atoms with Crippen molar-refractivity contribution in [3.05, 3.63) is 63.4 Å². The van der Waals surface area contributed by atoms with Gasteiger partial charge in [-0.2, -0.15) is 5.10 Å². The highest BCUT2D eigenvalue weighted by Gasteiger charge is 2.08. The van der Waals surface area contributed by atoms with Crippen LogP contribution in [0.3, 0.4) is 0 Å². The van der Waals surface area contributed by atoms with Crippen molar-refractivity contribution < 1.29 is 13.9 Å². The van der Waals surface area contributed by atoms with E-state index in [1.165, 1.54) is 12.3 Å². The quantitative estimate of drug-likeness (QED) is 0.636. The van der Waals surface area contributed by atoms with Crippen LogP contribution in [0.4, 0.5) is 4.39 Å². The number of aryl methyl sites for hydroxylation is 2. The second-order valence-electron chi connectivity index (χ2n) is 4.97. The van der Waals surface area contributed by atoms with Crippen molar-refractivity contribution in [2.24, 2.45) is 5.10 Å². The van der Waals surface area contributed by atoms with Crippen molar-refractivity contribution in [1.82, 2.24) is 5.43 Å². The monoisotopic (exact) mass is 378 g/mol. The van der Waals surface area contributed by atoms with Gasteiger partial charge >= 0.3 is 0 Å². The number of hydrazone groups is 1. The van der Waals surface area contributed by atoms with Crippen LogP contribution in [0.1, 0.15) is 16.7 Å². The number of ether oxygens (including phenoxy) is 1. The third kappa shape index (κ3) is 4.89. The Bertz CT molecular complexity index is 724. The summed E-state index contributed by atoms with van der Waals surface area (Å²) >= 11 is 3.40. The summed E-state index contributed by atoms with van der Waals surface area (Å²) < 4.78 is 19.9. The molecular formula is C17H16BrFN2O2. The van der Waals surface area contributed by atoms with Crippen LogP contribution in [0.15, 0.2) is 46.0 Å². The van der Waals surface area contributed by atoms with Crippen molar-refractivity contribution in [2.75, 3.05) is 6.61 Å². The highest BCUT2D eigenvalue weighted by molar-refractivity contribution is 9.10. The molecule has 0 atom stereocenters. The zero-order valence-electron chi connectivity index (χ0n) is 12.8. The van der Waals surface area contributed by atoms with Crippen LogP contribution in [0.25, 0.3) is 0 Å². The van der Waals surface area contributed by atoms with E-state index in [4.69, 9.17) is 4.74 Å². The van der Waals surface area contributed by atoms with Gasteiger partial charge < -0.3 is 4.74 Å². The van der Waals surface area contributed by atoms with Crippen LogP contribution >= 0.6 is 15.9 Å². The Kier molecular flexibility index (Phi) is 5.87. The Morgan fingerprint density at radius 2 is 1.96 bits per heavy atom. The van der Waals surface area contributed by atoms with E-state index in [-0.39, 0.29) is 6.61 Å². The van der Waals surface area contributed by atoms with Crippen LogP contribution in [0.5, 0.6) is 5.75 Å². The third-order valence-corrected chi connectivity index (χ3v) is 3.53. The lowest BCUT2D eigenvalue weighted by Gasteiger charge is -2.11. The minimum Gasteiger partial charge on any atom is -0.483 e. The van der Waals surface area contributed by atoms with Gasteiger partial charge in [-0.1, -0.05) is 34.1 Å². The van der Waals surface area contributed by atoms with Crippen molar-refractivity contribution in [3.8, 4) is 5.75 Å². The van der Waals surface area contributed by atoms with Gasteiger partial charge in [0.2, 0.25) is 0 Å². The van der Waals surface area contributed by atoms with Gasteiger partial charge in [0.15, 0.2) is 6.61 Å². The molecule has 4 nitrogen and oxygen atoms in total. The number of nitrogens with one attached hydrogen (secondary N) is 1. The number of carbonyl (C=O) groups excluding carboxylic acids is 1. The first-order valence-corrected chi connectivity index (χ1v) is 7.72. The maximum absolute atomic E-state index is 13.4. The molecule has 2 rings (SSSR count). The summed E-state index contributed by atoms with van der Waals surface area (Å²) in [6, 6.07) is 9.99. The average Bonchev–Trinajstić information content (AvgIpc) is 2.48. The second-order valence-corrected chi connectivity index (χ2v) is 5.89. The fourth-order valence-corrected chi connectivity index (χ4v) is 2.74. The van der Waals surface area contributed by atoms with E-state index in [2.05, 4.69) is 26.5 Å². The number of benzene rings is 2. The molecule has 0 aromatic heterocycles. The number of halogens is 2. The first-order valence-electron chi connectivity index (χ1n) is 6.93. The minimum atomic E-state index is -0.417. The van der Waals surface area contributed by atoms with E-state index in [9.17, 15) is 9.18 Å². The van der Waals surface area contributed by atoms with Gasteiger partial charge in [-0.25, -0.2) is 9.82 Å². The van der Waals surface area contributed by atoms with Crippen LogP contribution in [-0.2, 0) is 4.79 Å². The van der Waals surface area contributed by atoms with Gasteiger partial charge in [0.25, 0.3) is 5.91 Å². The minimum absolute atomic E-state index is 0.169. The normalized spacial score (nSPS) is 10.8. The predicted octanol–water partition coefficient (Wildman–Crippen LogP) is 3.73. The Hall–Kier alpha value is -2.21. The summed E-state index contributed by atoms with van der Waals surface area (Å²) in [4.78, 5) is 11.7. The molecule has 0 aliphatic heterocycles. The SMILES string of the molecule is Cc1cc(Br)cc(C)c1OCC(=O)NN=Cc1ccccc1F. The molecular weight excluding hydrogens is 363 g/mol. The molecule has 0 saturated carbocycles. The van der Waals surface area contributed by atoms with E-state index >= 15 is 0 Å². The van der Waals surface area contributed by atoms with Crippen LogP contribution in [-0.4, -0.2) is 18.7 Å². The lowest BCUT2D eigenvalue weighted by atomic mass is 10.1. The Labute approximate surface area is 142 Å². The molecule has 23 heavy (non-hydrogen) atoms. The van der Waals surface area contributed by atoms with Gasteiger partial charge in [-0.15, -0.1) is 0 Å². The van der Waals surface area contributed by atoms with E-state index < -0.39 is 11.7 Å². The van der Waals surface area contributed by atoms with Crippen molar-refractivity contribution in [3.63, 3.8) is 0 Å². The lowest BCUT2D eigenvalue weighted by Crippen LogP contribution is -2.25. The zero-order valence-corrected chi connectivity index (χ0v) is 14.4. The smallest absolute Gasteiger partial charge is 0.277 e. The van der Waals surface area contributed by atoms with E-state index in [0.29, 0.717) is 11.3 Å². The highest BCUT2D eigenvalue weighted by Crippen LogP contribution is 2.27. The fraction of sp³-hybridized carbons (Fsp3) is 0.176. The second kappa shape index (κ2) is 7.87. The van der Waals surface area contributed by atoms with Gasteiger partial charge in [0, 0.05) is 10.0 Å². The molecule has 2 aromatic carbocycles. The molecule has 2 aromatic rings. The van der Waals surface area contributed by atoms with Crippen LogP contribution in [0, 0.1) is 19.7 Å². The van der Waals surface area contributed by atoms with Gasteiger partial charge in [0.05, 0.1) is 6.21 Å².